The molecule has 1 heterocycles. The minimum atomic E-state index is -4.69. The van der Waals surface area contributed by atoms with Gasteiger partial charge in [0.2, 0.25) is 0 Å². The molecule has 1 N–H and O–H groups in total. The summed E-state index contributed by atoms with van der Waals surface area (Å²) in [4.78, 5) is 13.2. The second-order valence-electron chi connectivity index (χ2n) is 8.92. The number of hydrogen-bond donors (Lipinski definition) is 1. The zero-order valence-electron chi connectivity index (χ0n) is 19.0. The Labute approximate surface area is 196 Å². The van der Waals surface area contributed by atoms with Crippen LogP contribution in [0.4, 0.5) is 13.2 Å². The predicted molar refractivity (Wildman–Crippen MR) is 122 cm³/mol. The lowest BCUT2D eigenvalue weighted by atomic mass is 9.85. The summed E-state index contributed by atoms with van der Waals surface area (Å²) in [5.41, 5.74) is 5.84. The molecule has 1 aliphatic heterocycles. The van der Waals surface area contributed by atoms with E-state index in [1.165, 1.54) is 34.4 Å². The Morgan fingerprint density at radius 2 is 1.91 bits per heavy atom. The van der Waals surface area contributed by atoms with Crippen molar-refractivity contribution in [1.82, 2.24) is 4.90 Å². The molecule has 0 radical (unpaired) electrons. The molecular formula is C26H28F3NO4. The number of carbonyl (C=O) groups is 1. The fourth-order valence-corrected chi connectivity index (χ4v) is 4.58. The molecule has 8 heteroatoms. The molecule has 0 amide bonds. The van der Waals surface area contributed by atoms with Gasteiger partial charge in [-0.05, 0) is 79.1 Å². The van der Waals surface area contributed by atoms with Crippen molar-refractivity contribution >= 4 is 11.5 Å². The van der Waals surface area contributed by atoms with Crippen LogP contribution in [0.25, 0.3) is 5.57 Å². The third kappa shape index (κ3) is 6.11. The van der Waals surface area contributed by atoms with Crippen LogP contribution < -0.4 is 9.47 Å². The van der Waals surface area contributed by atoms with Gasteiger partial charge < -0.3 is 14.6 Å². The van der Waals surface area contributed by atoms with E-state index < -0.39 is 12.3 Å². The molecule has 182 valence electrons. The third-order valence-corrected chi connectivity index (χ3v) is 6.44. The van der Waals surface area contributed by atoms with Crippen LogP contribution in [-0.4, -0.2) is 48.6 Å². The molecule has 5 nitrogen and oxygen atoms in total. The van der Waals surface area contributed by atoms with Crippen LogP contribution in [-0.2, 0) is 17.6 Å². The van der Waals surface area contributed by atoms with E-state index in [4.69, 9.17) is 9.84 Å². The van der Waals surface area contributed by atoms with Crippen LogP contribution in [0.15, 0.2) is 48.0 Å². The van der Waals surface area contributed by atoms with Crippen LogP contribution in [0.2, 0.25) is 0 Å². The molecule has 1 fully saturated rings. The van der Waals surface area contributed by atoms with Crippen molar-refractivity contribution in [3.8, 4) is 11.5 Å². The molecule has 0 saturated carbocycles. The lowest BCUT2D eigenvalue weighted by Crippen LogP contribution is -2.50. The number of aryl methyl sites for hydroxylation is 2. The number of likely N-dealkylation sites (tertiary alicyclic amines) is 1. The van der Waals surface area contributed by atoms with Gasteiger partial charge in [-0.2, -0.15) is 0 Å². The molecule has 0 atom stereocenters. The molecule has 2 aliphatic rings. The van der Waals surface area contributed by atoms with Crippen LogP contribution in [0.1, 0.15) is 36.5 Å². The highest BCUT2D eigenvalue weighted by Crippen LogP contribution is 2.34. The predicted octanol–water partition coefficient (Wildman–Crippen LogP) is 5.33. The molecule has 0 spiro atoms. The summed E-state index contributed by atoms with van der Waals surface area (Å²) >= 11 is 0. The number of ether oxygens (including phenoxy) is 2. The SMILES string of the molecule is CC1=C(CN2CC(C(=O)O)C2)CCc2cc(OCCCc3cccc(OC(F)(F)F)c3)ccc21. The highest BCUT2D eigenvalue weighted by molar-refractivity contribution is 5.73. The summed E-state index contributed by atoms with van der Waals surface area (Å²) in [6, 6.07) is 12.1. The quantitative estimate of drug-likeness (QED) is 0.497. The summed E-state index contributed by atoms with van der Waals surface area (Å²) in [7, 11) is 0. The number of hydrogen-bond acceptors (Lipinski definition) is 4. The van der Waals surface area contributed by atoms with E-state index in [2.05, 4.69) is 28.7 Å². The summed E-state index contributed by atoms with van der Waals surface area (Å²) in [5, 5.41) is 9.06. The first-order valence-electron chi connectivity index (χ1n) is 11.4. The van der Waals surface area contributed by atoms with E-state index >= 15 is 0 Å². The average Bonchev–Trinajstić information content (AvgIpc) is 2.73. The van der Waals surface area contributed by atoms with Gasteiger partial charge in [0.1, 0.15) is 11.5 Å². The van der Waals surface area contributed by atoms with Crippen molar-refractivity contribution in [3.05, 3.63) is 64.7 Å². The molecule has 34 heavy (non-hydrogen) atoms. The lowest BCUT2D eigenvalue weighted by molar-refractivity contribution is -0.274. The van der Waals surface area contributed by atoms with E-state index in [-0.39, 0.29) is 11.7 Å². The Morgan fingerprint density at radius 3 is 2.65 bits per heavy atom. The van der Waals surface area contributed by atoms with Gasteiger partial charge in [-0.3, -0.25) is 9.69 Å². The van der Waals surface area contributed by atoms with Crippen LogP contribution in [0.3, 0.4) is 0 Å². The number of nitrogens with zero attached hydrogens (tertiary/aromatic N) is 1. The first kappa shape index (κ1) is 24.1. The van der Waals surface area contributed by atoms with Crippen LogP contribution in [0, 0.1) is 5.92 Å². The van der Waals surface area contributed by atoms with E-state index in [1.807, 2.05) is 6.07 Å². The van der Waals surface area contributed by atoms with Crippen molar-refractivity contribution in [1.29, 1.82) is 0 Å². The van der Waals surface area contributed by atoms with Gasteiger partial charge in [0.05, 0.1) is 12.5 Å². The molecule has 0 bridgehead atoms. The topological polar surface area (TPSA) is 59.0 Å². The normalized spacial score (nSPS) is 16.7. The Morgan fingerprint density at radius 1 is 1.12 bits per heavy atom. The Bertz CT molecular complexity index is 1070. The number of aliphatic carboxylic acids is 1. The number of fused-ring (bicyclic) bond motifs is 1. The smallest absolute Gasteiger partial charge is 0.494 e. The Balaban J connectivity index is 1.28. The van der Waals surface area contributed by atoms with Gasteiger partial charge in [0.15, 0.2) is 0 Å². The Hall–Kier alpha value is -3.00. The minimum Gasteiger partial charge on any atom is -0.494 e. The third-order valence-electron chi connectivity index (χ3n) is 6.44. The van der Waals surface area contributed by atoms with E-state index in [1.54, 1.807) is 12.1 Å². The highest BCUT2D eigenvalue weighted by atomic mass is 19.4. The van der Waals surface area contributed by atoms with Crippen molar-refractivity contribution in [2.45, 2.75) is 39.0 Å². The van der Waals surface area contributed by atoms with E-state index in [0.717, 1.165) is 30.7 Å². The van der Waals surface area contributed by atoms with Gasteiger partial charge in [-0.25, -0.2) is 0 Å². The van der Waals surface area contributed by atoms with Gasteiger partial charge in [0.25, 0.3) is 0 Å². The minimum absolute atomic E-state index is 0.209. The van der Waals surface area contributed by atoms with Crippen LogP contribution in [0.5, 0.6) is 11.5 Å². The van der Waals surface area contributed by atoms with E-state index in [0.29, 0.717) is 32.5 Å². The zero-order valence-corrected chi connectivity index (χ0v) is 19.0. The molecule has 4 rings (SSSR count). The second-order valence-corrected chi connectivity index (χ2v) is 8.92. The van der Waals surface area contributed by atoms with Crippen molar-refractivity contribution in [3.63, 3.8) is 0 Å². The second kappa shape index (κ2) is 10.1. The molecule has 2 aromatic rings. The number of rotatable bonds is 9. The molecule has 0 unspecified atom stereocenters. The summed E-state index contributed by atoms with van der Waals surface area (Å²) in [6.45, 7) is 4.64. The fourth-order valence-electron chi connectivity index (χ4n) is 4.58. The lowest BCUT2D eigenvalue weighted by Gasteiger charge is -2.38. The van der Waals surface area contributed by atoms with Crippen molar-refractivity contribution in [2.24, 2.45) is 5.92 Å². The Kier molecular flexibility index (Phi) is 7.16. The molecule has 1 aliphatic carbocycles. The first-order chi connectivity index (χ1) is 16.2. The summed E-state index contributed by atoms with van der Waals surface area (Å²) in [5.74, 6) is -0.378. The van der Waals surface area contributed by atoms with Crippen molar-refractivity contribution < 1.29 is 32.5 Å². The largest absolute Gasteiger partial charge is 0.573 e. The molecular weight excluding hydrogens is 447 g/mol. The number of carboxylic acid groups (broad SMARTS) is 1. The summed E-state index contributed by atoms with van der Waals surface area (Å²) in [6.07, 6.45) is -1.57. The number of halogens is 3. The maximum absolute atomic E-state index is 12.4. The summed E-state index contributed by atoms with van der Waals surface area (Å²) < 4.78 is 47.0. The maximum atomic E-state index is 12.4. The molecule has 1 saturated heterocycles. The van der Waals surface area contributed by atoms with Crippen LogP contribution >= 0.6 is 0 Å². The molecule has 2 aromatic carbocycles. The van der Waals surface area contributed by atoms with Crippen molar-refractivity contribution in [2.75, 3.05) is 26.2 Å². The first-order valence-corrected chi connectivity index (χ1v) is 11.4. The van der Waals surface area contributed by atoms with Gasteiger partial charge in [0, 0.05) is 19.6 Å². The van der Waals surface area contributed by atoms with Gasteiger partial charge >= 0.3 is 12.3 Å². The highest BCUT2D eigenvalue weighted by Gasteiger charge is 2.33. The zero-order chi connectivity index (χ0) is 24.3. The molecule has 0 aromatic heterocycles. The standard InChI is InChI=1S/C26H28F3NO4/c1-17-20(14-30-15-21(16-30)25(31)32)8-7-19-13-22(9-10-24(17)19)33-11-3-5-18-4-2-6-23(12-18)34-26(27,28)29/h2,4,6,9-10,12-13,21H,3,5,7-8,11,14-16H2,1H3,(H,31,32). The van der Waals surface area contributed by atoms with Gasteiger partial charge in [-0.1, -0.05) is 23.8 Å². The maximum Gasteiger partial charge on any atom is 0.573 e. The number of alkyl halides is 3. The monoisotopic (exact) mass is 475 g/mol. The number of benzene rings is 2. The number of allylic oxidation sites excluding steroid dienone is 1. The number of carboxylic acids is 1. The van der Waals surface area contributed by atoms with Gasteiger partial charge in [-0.15, -0.1) is 13.2 Å². The van der Waals surface area contributed by atoms with E-state index in [9.17, 15) is 18.0 Å². The average molecular weight is 476 g/mol. The fraction of sp³-hybridized carbons (Fsp3) is 0.423.